The van der Waals surface area contributed by atoms with Crippen LogP contribution in [0.2, 0.25) is 0 Å². The third-order valence-corrected chi connectivity index (χ3v) is 5.67. The van der Waals surface area contributed by atoms with Crippen LogP contribution in [0.4, 0.5) is 0 Å². The van der Waals surface area contributed by atoms with Crippen molar-refractivity contribution in [3.8, 4) is 10.9 Å². The molecule has 1 N–H and O–H groups in total. The van der Waals surface area contributed by atoms with Crippen LogP contribution in [0, 0.1) is 6.92 Å². The van der Waals surface area contributed by atoms with Gasteiger partial charge in [0.05, 0.1) is 5.69 Å². The number of hydrogen-bond acceptors (Lipinski definition) is 6. The lowest BCUT2D eigenvalue weighted by Gasteiger charge is -2.07. The lowest BCUT2D eigenvalue weighted by Crippen LogP contribution is -2.22. The number of aromatic nitrogens is 3. The van der Waals surface area contributed by atoms with Crippen molar-refractivity contribution >= 4 is 17.2 Å². The van der Waals surface area contributed by atoms with Crippen molar-refractivity contribution in [1.82, 2.24) is 19.9 Å². The molecule has 0 aliphatic carbocycles. The van der Waals surface area contributed by atoms with E-state index in [2.05, 4.69) is 15.3 Å². The summed E-state index contributed by atoms with van der Waals surface area (Å²) >= 11 is 1.17. The smallest absolute Gasteiger partial charge is 0.263 e. The van der Waals surface area contributed by atoms with Gasteiger partial charge in [0, 0.05) is 31.2 Å². The van der Waals surface area contributed by atoms with Crippen LogP contribution in [-0.4, -0.2) is 20.4 Å². The summed E-state index contributed by atoms with van der Waals surface area (Å²) in [5, 5.41) is 3.29. The van der Waals surface area contributed by atoms with Gasteiger partial charge in [-0.05, 0) is 30.2 Å². The molecule has 0 spiro atoms. The second-order valence-corrected chi connectivity index (χ2v) is 7.78. The zero-order chi connectivity index (χ0) is 21.6. The number of rotatable bonds is 7. The zero-order valence-corrected chi connectivity index (χ0v) is 17.6. The topological polar surface area (TPSA) is 86.1 Å². The maximum absolute atomic E-state index is 12.6. The van der Waals surface area contributed by atoms with Crippen molar-refractivity contribution in [3.05, 3.63) is 105 Å². The van der Waals surface area contributed by atoms with Crippen LogP contribution in [0.15, 0.2) is 78.0 Å². The number of carbonyl (C=O) groups excluding carboxylic acids is 1. The van der Waals surface area contributed by atoms with Crippen LogP contribution in [0.25, 0.3) is 5.13 Å². The van der Waals surface area contributed by atoms with Gasteiger partial charge in [-0.15, -0.1) is 0 Å². The SMILES string of the molecule is Cc1nc(-n2ccc(OCc3ccccc3)cc2=O)sc1C(=O)NCc1cccnc1. The summed E-state index contributed by atoms with van der Waals surface area (Å²) in [7, 11) is 0. The molecule has 4 aromatic rings. The van der Waals surface area contributed by atoms with E-state index in [0.717, 1.165) is 11.1 Å². The van der Waals surface area contributed by atoms with E-state index < -0.39 is 0 Å². The Morgan fingerprint density at radius 3 is 2.68 bits per heavy atom. The van der Waals surface area contributed by atoms with Gasteiger partial charge in [0.2, 0.25) is 0 Å². The van der Waals surface area contributed by atoms with E-state index in [4.69, 9.17) is 4.74 Å². The molecule has 8 heteroatoms. The van der Waals surface area contributed by atoms with Gasteiger partial charge in [0.25, 0.3) is 11.5 Å². The van der Waals surface area contributed by atoms with Gasteiger partial charge in [0.1, 0.15) is 17.2 Å². The van der Waals surface area contributed by atoms with Gasteiger partial charge >= 0.3 is 0 Å². The van der Waals surface area contributed by atoms with Gasteiger partial charge in [-0.1, -0.05) is 47.7 Å². The van der Waals surface area contributed by atoms with Gasteiger partial charge in [-0.3, -0.25) is 19.1 Å². The van der Waals surface area contributed by atoms with Gasteiger partial charge in [-0.25, -0.2) is 4.98 Å². The van der Waals surface area contributed by atoms with E-state index in [1.54, 1.807) is 31.6 Å². The molecule has 0 aliphatic rings. The summed E-state index contributed by atoms with van der Waals surface area (Å²) in [6.07, 6.45) is 4.99. The van der Waals surface area contributed by atoms with Crippen LogP contribution < -0.4 is 15.6 Å². The second-order valence-electron chi connectivity index (χ2n) is 6.80. The van der Waals surface area contributed by atoms with Gasteiger partial charge in [0.15, 0.2) is 5.13 Å². The second kappa shape index (κ2) is 9.36. The van der Waals surface area contributed by atoms with E-state index in [-0.39, 0.29) is 11.5 Å². The van der Waals surface area contributed by atoms with Crippen LogP contribution >= 0.6 is 11.3 Å². The van der Waals surface area contributed by atoms with Gasteiger partial charge in [-0.2, -0.15) is 0 Å². The largest absolute Gasteiger partial charge is 0.489 e. The van der Waals surface area contributed by atoms with Crippen molar-refractivity contribution in [1.29, 1.82) is 0 Å². The monoisotopic (exact) mass is 432 g/mol. The predicted octanol–water partition coefficient (Wildman–Crippen LogP) is 3.51. The highest BCUT2D eigenvalue weighted by molar-refractivity contribution is 7.16. The molecule has 0 fully saturated rings. The molecular formula is C23H20N4O3S. The quantitative estimate of drug-likeness (QED) is 0.483. The summed E-state index contributed by atoms with van der Waals surface area (Å²) in [6.45, 7) is 2.50. The number of benzene rings is 1. The number of pyridine rings is 2. The van der Waals surface area contributed by atoms with E-state index in [1.807, 2.05) is 42.5 Å². The summed E-state index contributed by atoms with van der Waals surface area (Å²) in [6, 6.07) is 16.6. The Hall–Kier alpha value is -3.78. The minimum atomic E-state index is -0.276. The number of thiazole rings is 1. The number of carbonyl (C=O) groups is 1. The molecule has 0 aliphatic heterocycles. The number of amides is 1. The first kappa shape index (κ1) is 20.5. The Labute approximate surface area is 183 Å². The molecule has 3 heterocycles. The fourth-order valence-corrected chi connectivity index (χ4v) is 3.88. The highest BCUT2D eigenvalue weighted by Gasteiger charge is 2.17. The number of nitrogens with one attached hydrogen (secondary N) is 1. The zero-order valence-electron chi connectivity index (χ0n) is 16.8. The molecular weight excluding hydrogens is 412 g/mol. The fourth-order valence-electron chi connectivity index (χ4n) is 2.91. The van der Waals surface area contributed by atoms with Crippen LogP contribution in [-0.2, 0) is 13.2 Å². The van der Waals surface area contributed by atoms with E-state index in [1.165, 1.54) is 22.0 Å². The summed E-state index contributed by atoms with van der Waals surface area (Å²) in [4.78, 5) is 34.1. The number of hydrogen-bond donors (Lipinski definition) is 1. The lowest BCUT2D eigenvalue weighted by molar-refractivity contribution is 0.0954. The first-order valence-electron chi connectivity index (χ1n) is 9.64. The Morgan fingerprint density at radius 2 is 1.94 bits per heavy atom. The lowest BCUT2D eigenvalue weighted by atomic mass is 10.2. The molecule has 1 amide bonds. The van der Waals surface area contributed by atoms with Crippen molar-refractivity contribution in [2.45, 2.75) is 20.1 Å². The van der Waals surface area contributed by atoms with Crippen molar-refractivity contribution in [2.24, 2.45) is 0 Å². The molecule has 31 heavy (non-hydrogen) atoms. The number of aryl methyl sites for hydroxylation is 1. The number of nitrogens with zero attached hydrogens (tertiary/aromatic N) is 3. The molecule has 156 valence electrons. The van der Waals surface area contributed by atoms with Gasteiger partial charge < -0.3 is 10.1 Å². The molecule has 0 radical (unpaired) electrons. The molecule has 0 bridgehead atoms. The third kappa shape index (κ3) is 5.04. The van der Waals surface area contributed by atoms with Crippen molar-refractivity contribution in [3.63, 3.8) is 0 Å². The first-order chi connectivity index (χ1) is 15.1. The molecule has 4 rings (SSSR count). The molecule has 0 unspecified atom stereocenters. The first-order valence-corrected chi connectivity index (χ1v) is 10.5. The highest BCUT2D eigenvalue weighted by Crippen LogP contribution is 2.21. The maximum atomic E-state index is 12.6. The molecule has 0 atom stereocenters. The third-order valence-electron chi connectivity index (χ3n) is 4.51. The Balaban J connectivity index is 1.46. The normalized spacial score (nSPS) is 10.6. The maximum Gasteiger partial charge on any atom is 0.263 e. The van der Waals surface area contributed by atoms with E-state index in [0.29, 0.717) is 34.6 Å². The average molecular weight is 433 g/mol. The molecule has 0 saturated carbocycles. The minimum Gasteiger partial charge on any atom is -0.489 e. The number of ether oxygens (including phenoxy) is 1. The standard InChI is InChI=1S/C23H20N4O3S/c1-16-21(22(29)25-14-18-8-5-10-24-13-18)31-23(26-16)27-11-9-19(12-20(27)28)30-15-17-6-3-2-4-7-17/h2-13H,14-15H2,1H3,(H,25,29). The molecule has 0 saturated heterocycles. The Bertz CT molecular complexity index is 1240. The highest BCUT2D eigenvalue weighted by atomic mass is 32.1. The van der Waals surface area contributed by atoms with Crippen LogP contribution in [0.5, 0.6) is 5.75 Å². The molecule has 1 aromatic carbocycles. The summed E-state index contributed by atoms with van der Waals surface area (Å²) < 4.78 is 7.11. The minimum absolute atomic E-state index is 0.235. The molecule has 3 aromatic heterocycles. The average Bonchev–Trinajstić information content (AvgIpc) is 3.19. The Kier molecular flexibility index (Phi) is 6.18. The molecule has 7 nitrogen and oxygen atoms in total. The summed E-state index contributed by atoms with van der Waals surface area (Å²) in [5.74, 6) is 0.244. The van der Waals surface area contributed by atoms with Crippen molar-refractivity contribution in [2.75, 3.05) is 0 Å². The predicted molar refractivity (Wildman–Crippen MR) is 119 cm³/mol. The van der Waals surface area contributed by atoms with E-state index in [9.17, 15) is 9.59 Å². The fraction of sp³-hybridized carbons (Fsp3) is 0.130. The van der Waals surface area contributed by atoms with Crippen LogP contribution in [0.1, 0.15) is 26.5 Å². The van der Waals surface area contributed by atoms with E-state index >= 15 is 0 Å². The summed E-state index contributed by atoms with van der Waals surface area (Å²) in [5.41, 5.74) is 2.21. The Morgan fingerprint density at radius 1 is 1.13 bits per heavy atom. The van der Waals surface area contributed by atoms with Crippen LogP contribution in [0.3, 0.4) is 0 Å². The van der Waals surface area contributed by atoms with Crippen molar-refractivity contribution < 1.29 is 9.53 Å².